The number of piperidine rings is 1. The van der Waals surface area contributed by atoms with Crippen LogP contribution < -0.4 is 5.32 Å². The summed E-state index contributed by atoms with van der Waals surface area (Å²) in [5.74, 6) is 0. The van der Waals surface area contributed by atoms with Crippen molar-refractivity contribution < 1.29 is 5.11 Å². The minimum absolute atomic E-state index is 0.165. The molecule has 54 valence electrons. The van der Waals surface area contributed by atoms with Crippen LogP contribution in [-0.4, -0.2) is 24.8 Å². The van der Waals surface area contributed by atoms with Gasteiger partial charge in [-0.1, -0.05) is 6.92 Å². The van der Waals surface area contributed by atoms with Gasteiger partial charge in [-0.25, -0.2) is 0 Å². The summed E-state index contributed by atoms with van der Waals surface area (Å²) in [6.07, 6.45) is 2.37. The molecule has 1 heterocycles. The molecule has 2 N–H and O–H groups in total. The number of aliphatic hydroxyl groups excluding tert-OH is 1. The van der Waals surface area contributed by atoms with Crippen LogP contribution in [-0.2, 0) is 0 Å². The van der Waals surface area contributed by atoms with Gasteiger partial charge in [-0.2, -0.15) is 0 Å². The number of hydrogen-bond donors (Lipinski definition) is 2. The maximum atomic E-state index is 8.91. The third-order valence-electron chi connectivity index (χ3n) is 2.07. The van der Waals surface area contributed by atoms with Crippen LogP contribution in [0.5, 0.6) is 0 Å². The van der Waals surface area contributed by atoms with Gasteiger partial charge in [0.05, 0.1) is 0 Å². The van der Waals surface area contributed by atoms with Gasteiger partial charge in [-0.05, 0) is 19.4 Å². The maximum Gasteiger partial charge on any atom is 0.0496 e. The molecule has 0 unspecified atom stereocenters. The van der Waals surface area contributed by atoms with Gasteiger partial charge in [-0.15, -0.1) is 0 Å². The van der Waals surface area contributed by atoms with E-state index < -0.39 is 0 Å². The van der Waals surface area contributed by atoms with E-state index in [9.17, 15) is 0 Å². The highest BCUT2D eigenvalue weighted by Gasteiger charge is 2.24. The van der Waals surface area contributed by atoms with Crippen LogP contribution in [0.15, 0.2) is 0 Å². The fraction of sp³-hybridized carbons (Fsp3) is 1.00. The topological polar surface area (TPSA) is 32.3 Å². The summed E-state index contributed by atoms with van der Waals surface area (Å²) in [4.78, 5) is 0. The standard InChI is InChI=1S/C7H15NO/c1-7(6-9)3-2-4-8-5-7/h8-9H,2-6H2,1H3/t7-/m0/s1. The van der Waals surface area contributed by atoms with E-state index in [4.69, 9.17) is 5.11 Å². The summed E-state index contributed by atoms with van der Waals surface area (Å²) >= 11 is 0. The predicted molar refractivity (Wildman–Crippen MR) is 37.3 cm³/mol. The van der Waals surface area contributed by atoms with E-state index in [0.29, 0.717) is 6.61 Å². The van der Waals surface area contributed by atoms with Gasteiger partial charge >= 0.3 is 0 Å². The van der Waals surface area contributed by atoms with Crippen molar-refractivity contribution in [1.29, 1.82) is 0 Å². The van der Waals surface area contributed by atoms with E-state index in [1.54, 1.807) is 0 Å². The lowest BCUT2D eigenvalue weighted by molar-refractivity contribution is 0.113. The molecule has 1 rings (SSSR count). The Balaban J connectivity index is 2.37. The van der Waals surface area contributed by atoms with Crippen molar-refractivity contribution in [3.05, 3.63) is 0 Å². The third-order valence-corrected chi connectivity index (χ3v) is 2.07. The van der Waals surface area contributed by atoms with E-state index >= 15 is 0 Å². The van der Waals surface area contributed by atoms with Crippen LogP contribution in [0.2, 0.25) is 0 Å². The highest BCUT2D eigenvalue weighted by Crippen LogP contribution is 2.23. The van der Waals surface area contributed by atoms with Crippen molar-refractivity contribution in [2.75, 3.05) is 19.7 Å². The molecule has 1 fully saturated rings. The largest absolute Gasteiger partial charge is 0.396 e. The molecule has 2 nitrogen and oxygen atoms in total. The number of hydrogen-bond acceptors (Lipinski definition) is 2. The lowest BCUT2D eigenvalue weighted by Crippen LogP contribution is -2.40. The Bertz CT molecular complexity index is 86.9. The normalized spacial score (nSPS) is 36.7. The molecule has 1 atom stereocenters. The first-order valence-corrected chi connectivity index (χ1v) is 3.58. The fourth-order valence-electron chi connectivity index (χ4n) is 1.25. The monoisotopic (exact) mass is 129 g/mol. The number of aliphatic hydroxyl groups is 1. The molecule has 0 amide bonds. The summed E-state index contributed by atoms with van der Waals surface area (Å²) in [5, 5.41) is 12.2. The third kappa shape index (κ3) is 1.66. The zero-order chi connectivity index (χ0) is 6.74. The molecule has 0 bridgehead atoms. The van der Waals surface area contributed by atoms with Crippen molar-refractivity contribution in [3.63, 3.8) is 0 Å². The molecular formula is C7H15NO. The molecule has 1 aliphatic rings. The summed E-state index contributed by atoms with van der Waals surface area (Å²) < 4.78 is 0. The first-order chi connectivity index (χ1) is 4.27. The molecule has 1 saturated heterocycles. The lowest BCUT2D eigenvalue weighted by atomic mass is 9.84. The molecule has 2 heteroatoms. The Morgan fingerprint density at radius 2 is 2.44 bits per heavy atom. The zero-order valence-corrected chi connectivity index (χ0v) is 5.98. The van der Waals surface area contributed by atoms with E-state index in [-0.39, 0.29) is 5.41 Å². The Hall–Kier alpha value is -0.0800. The lowest BCUT2D eigenvalue weighted by Gasteiger charge is -2.31. The molecule has 0 saturated carbocycles. The molecular weight excluding hydrogens is 114 g/mol. The van der Waals surface area contributed by atoms with Crippen LogP contribution in [0.3, 0.4) is 0 Å². The first kappa shape index (κ1) is 7.03. The van der Waals surface area contributed by atoms with Gasteiger partial charge in [-0.3, -0.25) is 0 Å². The minimum atomic E-state index is 0.165. The summed E-state index contributed by atoms with van der Waals surface area (Å²) in [5.41, 5.74) is 0.165. The van der Waals surface area contributed by atoms with Crippen molar-refractivity contribution in [1.82, 2.24) is 5.32 Å². The number of rotatable bonds is 1. The van der Waals surface area contributed by atoms with Crippen LogP contribution in [0.1, 0.15) is 19.8 Å². The second-order valence-corrected chi connectivity index (χ2v) is 3.25. The Morgan fingerprint density at radius 3 is 2.78 bits per heavy atom. The van der Waals surface area contributed by atoms with Gasteiger partial charge in [0.15, 0.2) is 0 Å². The van der Waals surface area contributed by atoms with Gasteiger partial charge < -0.3 is 10.4 Å². The summed E-state index contributed by atoms with van der Waals surface area (Å²) in [7, 11) is 0. The highest BCUT2D eigenvalue weighted by molar-refractivity contribution is 4.79. The maximum absolute atomic E-state index is 8.91. The van der Waals surface area contributed by atoms with Gasteiger partial charge in [0, 0.05) is 18.6 Å². The van der Waals surface area contributed by atoms with Crippen molar-refractivity contribution in [3.8, 4) is 0 Å². The van der Waals surface area contributed by atoms with Gasteiger partial charge in [0.25, 0.3) is 0 Å². The van der Waals surface area contributed by atoms with Gasteiger partial charge in [0.1, 0.15) is 0 Å². The fourth-order valence-corrected chi connectivity index (χ4v) is 1.25. The smallest absolute Gasteiger partial charge is 0.0496 e. The van der Waals surface area contributed by atoms with Crippen LogP contribution >= 0.6 is 0 Å². The second kappa shape index (κ2) is 2.67. The summed E-state index contributed by atoms with van der Waals surface area (Å²) in [6.45, 7) is 4.54. The Kier molecular flexibility index (Phi) is 2.09. The molecule has 0 radical (unpaired) electrons. The van der Waals surface area contributed by atoms with E-state index in [2.05, 4.69) is 12.2 Å². The molecule has 0 aromatic carbocycles. The molecule has 0 aromatic heterocycles. The average molecular weight is 129 g/mol. The van der Waals surface area contributed by atoms with Crippen molar-refractivity contribution in [2.24, 2.45) is 5.41 Å². The van der Waals surface area contributed by atoms with Crippen LogP contribution in [0.25, 0.3) is 0 Å². The molecule has 0 aliphatic carbocycles. The zero-order valence-electron chi connectivity index (χ0n) is 5.98. The number of nitrogens with one attached hydrogen (secondary N) is 1. The van der Waals surface area contributed by atoms with Crippen molar-refractivity contribution in [2.45, 2.75) is 19.8 Å². The predicted octanol–water partition coefficient (Wildman–Crippen LogP) is 0.368. The quantitative estimate of drug-likeness (QED) is 0.536. The van der Waals surface area contributed by atoms with E-state index in [1.165, 1.54) is 6.42 Å². The van der Waals surface area contributed by atoms with E-state index in [1.807, 2.05) is 0 Å². The molecule has 9 heavy (non-hydrogen) atoms. The van der Waals surface area contributed by atoms with Gasteiger partial charge in [0.2, 0.25) is 0 Å². The van der Waals surface area contributed by atoms with Crippen LogP contribution in [0.4, 0.5) is 0 Å². The molecule has 1 aliphatic heterocycles. The summed E-state index contributed by atoms with van der Waals surface area (Å²) in [6, 6.07) is 0. The van der Waals surface area contributed by atoms with Crippen molar-refractivity contribution >= 4 is 0 Å². The SMILES string of the molecule is C[C@]1(CO)CCCNC1. The molecule has 0 spiro atoms. The Morgan fingerprint density at radius 1 is 1.67 bits per heavy atom. The molecule has 0 aromatic rings. The second-order valence-electron chi connectivity index (χ2n) is 3.25. The van der Waals surface area contributed by atoms with Crippen LogP contribution in [0, 0.1) is 5.41 Å². The average Bonchev–Trinajstić information content (AvgIpc) is 1.90. The van der Waals surface area contributed by atoms with E-state index in [0.717, 1.165) is 19.5 Å². The minimum Gasteiger partial charge on any atom is -0.396 e. The Labute approximate surface area is 56.3 Å². The highest BCUT2D eigenvalue weighted by atomic mass is 16.3. The first-order valence-electron chi connectivity index (χ1n) is 3.58.